The minimum absolute atomic E-state index is 0.0809. The number of aliphatic hydroxyl groups excluding tert-OH is 2. The smallest absolute Gasteiger partial charge is 0.0633 e. The zero-order valence-electron chi connectivity index (χ0n) is 12.3. The second-order valence-electron chi connectivity index (χ2n) is 5.59. The minimum Gasteiger partial charge on any atom is -0.394 e. The van der Waals surface area contributed by atoms with Crippen molar-refractivity contribution in [1.82, 2.24) is 5.32 Å². The van der Waals surface area contributed by atoms with Gasteiger partial charge in [0.05, 0.1) is 18.8 Å². The van der Waals surface area contributed by atoms with E-state index in [0.717, 1.165) is 6.42 Å². The van der Waals surface area contributed by atoms with Crippen LogP contribution in [0.2, 0.25) is 0 Å². The molecule has 0 saturated heterocycles. The standard InChI is InChI=1S/C16H27NO2/c1-4-5-6-14-7-9-15(10-8-14)13(2)17-16(3,11-18)12-19/h7-10,13,17-19H,4-6,11-12H2,1-3H3. The van der Waals surface area contributed by atoms with Gasteiger partial charge in [0.15, 0.2) is 0 Å². The van der Waals surface area contributed by atoms with Crippen LogP contribution in [-0.4, -0.2) is 29.0 Å². The van der Waals surface area contributed by atoms with Gasteiger partial charge in [-0.1, -0.05) is 37.6 Å². The van der Waals surface area contributed by atoms with Crippen molar-refractivity contribution in [2.24, 2.45) is 0 Å². The van der Waals surface area contributed by atoms with E-state index >= 15 is 0 Å². The van der Waals surface area contributed by atoms with E-state index in [4.69, 9.17) is 0 Å². The Hall–Kier alpha value is -0.900. The van der Waals surface area contributed by atoms with Crippen LogP contribution in [0.3, 0.4) is 0 Å². The monoisotopic (exact) mass is 265 g/mol. The van der Waals surface area contributed by atoms with E-state index in [1.54, 1.807) is 0 Å². The summed E-state index contributed by atoms with van der Waals surface area (Å²) in [5.41, 5.74) is 1.90. The van der Waals surface area contributed by atoms with E-state index in [-0.39, 0.29) is 19.3 Å². The lowest BCUT2D eigenvalue weighted by molar-refractivity contribution is 0.0957. The van der Waals surface area contributed by atoms with E-state index in [9.17, 15) is 10.2 Å². The van der Waals surface area contributed by atoms with Gasteiger partial charge in [-0.15, -0.1) is 0 Å². The highest BCUT2D eigenvalue weighted by Gasteiger charge is 2.24. The van der Waals surface area contributed by atoms with Crippen molar-refractivity contribution in [3.63, 3.8) is 0 Å². The Bertz CT molecular complexity index is 358. The largest absolute Gasteiger partial charge is 0.394 e. The summed E-state index contributed by atoms with van der Waals surface area (Å²) in [5, 5.41) is 21.9. The van der Waals surface area contributed by atoms with Crippen molar-refractivity contribution in [2.45, 2.75) is 51.6 Å². The van der Waals surface area contributed by atoms with Crippen LogP contribution in [0.4, 0.5) is 0 Å². The summed E-state index contributed by atoms with van der Waals surface area (Å²) in [6, 6.07) is 8.68. The molecule has 3 heteroatoms. The fraction of sp³-hybridized carbons (Fsp3) is 0.625. The molecule has 108 valence electrons. The molecule has 3 nitrogen and oxygen atoms in total. The minimum atomic E-state index is -0.639. The van der Waals surface area contributed by atoms with Crippen molar-refractivity contribution in [2.75, 3.05) is 13.2 Å². The van der Waals surface area contributed by atoms with E-state index in [0.29, 0.717) is 0 Å². The van der Waals surface area contributed by atoms with Crippen molar-refractivity contribution in [3.05, 3.63) is 35.4 Å². The first kappa shape index (κ1) is 16.2. The molecular formula is C16H27NO2. The van der Waals surface area contributed by atoms with E-state index in [1.807, 2.05) is 13.8 Å². The van der Waals surface area contributed by atoms with Crippen LogP contribution in [0, 0.1) is 0 Å². The Balaban J connectivity index is 2.64. The molecule has 1 unspecified atom stereocenters. The van der Waals surface area contributed by atoms with Crippen molar-refractivity contribution < 1.29 is 10.2 Å². The van der Waals surface area contributed by atoms with Crippen LogP contribution >= 0.6 is 0 Å². The van der Waals surface area contributed by atoms with E-state index in [2.05, 4.69) is 36.5 Å². The summed E-state index contributed by atoms with van der Waals surface area (Å²) >= 11 is 0. The Morgan fingerprint density at radius 2 is 1.74 bits per heavy atom. The highest BCUT2D eigenvalue weighted by molar-refractivity contribution is 5.25. The molecule has 0 heterocycles. The second kappa shape index (κ2) is 7.63. The summed E-state index contributed by atoms with van der Waals surface area (Å²) in [4.78, 5) is 0. The number of benzene rings is 1. The number of unbranched alkanes of at least 4 members (excludes halogenated alkanes) is 1. The lowest BCUT2D eigenvalue weighted by atomic mass is 9.99. The number of aliphatic hydroxyl groups is 2. The number of aryl methyl sites for hydroxylation is 1. The first-order valence-corrected chi connectivity index (χ1v) is 7.13. The van der Waals surface area contributed by atoms with Gasteiger partial charge in [0.25, 0.3) is 0 Å². The number of rotatable bonds is 8. The third kappa shape index (κ3) is 4.94. The number of nitrogens with one attached hydrogen (secondary N) is 1. The van der Waals surface area contributed by atoms with Gasteiger partial charge in [0.1, 0.15) is 0 Å². The molecule has 0 spiro atoms. The van der Waals surface area contributed by atoms with E-state index < -0.39 is 5.54 Å². The molecule has 0 fully saturated rings. The molecule has 0 aliphatic carbocycles. The van der Waals surface area contributed by atoms with E-state index in [1.165, 1.54) is 24.0 Å². The van der Waals surface area contributed by atoms with Crippen LogP contribution in [0.5, 0.6) is 0 Å². The summed E-state index contributed by atoms with van der Waals surface area (Å²) in [5.74, 6) is 0. The topological polar surface area (TPSA) is 52.5 Å². The molecule has 0 aliphatic rings. The lowest BCUT2D eigenvalue weighted by Crippen LogP contribution is -2.49. The highest BCUT2D eigenvalue weighted by atomic mass is 16.3. The fourth-order valence-electron chi connectivity index (χ4n) is 2.10. The average Bonchev–Trinajstić information content (AvgIpc) is 2.45. The van der Waals surface area contributed by atoms with Gasteiger partial charge in [-0.25, -0.2) is 0 Å². The zero-order valence-corrected chi connectivity index (χ0v) is 12.3. The molecule has 3 N–H and O–H groups in total. The zero-order chi connectivity index (χ0) is 14.3. The van der Waals surface area contributed by atoms with Crippen molar-refractivity contribution in [3.8, 4) is 0 Å². The summed E-state index contributed by atoms with van der Waals surface area (Å²) in [6.07, 6.45) is 3.56. The molecule has 1 aromatic rings. The quantitative estimate of drug-likeness (QED) is 0.676. The Kier molecular flexibility index (Phi) is 6.49. The Morgan fingerprint density at radius 1 is 1.16 bits per heavy atom. The number of hydrogen-bond acceptors (Lipinski definition) is 3. The molecule has 0 radical (unpaired) electrons. The molecule has 0 aromatic heterocycles. The summed E-state index contributed by atoms with van der Waals surface area (Å²) in [7, 11) is 0. The van der Waals surface area contributed by atoms with Gasteiger partial charge >= 0.3 is 0 Å². The van der Waals surface area contributed by atoms with Crippen LogP contribution in [-0.2, 0) is 6.42 Å². The van der Waals surface area contributed by atoms with Crippen LogP contribution in [0.25, 0.3) is 0 Å². The lowest BCUT2D eigenvalue weighted by Gasteiger charge is -2.30. The molecule has 1 aromatic carbocycles. The van der Waals surface area contributed by atoms with Gasteiger partial charge in [0.2, 0.25) is 0 Å². The molecule has 0 saturated carbocycles. The molecule has 1 atom stereocenters. The molecule has 19 heavy (non-hydrogen) atoms. The predicted molar refractivity (Wildman–Crippen MR) is 79.2 cm³/mol. The van der Waals surface area contributed by atoms with Gasteiger partial charge in [0, 0.05) is 6.04 Å². The Morgan fingerprint density at radius 3 is 2.21 bits per heavy atom. The number of hydrogen-bond donors (Lipinski definition) is 3. The van der Waals surface area contributed by atoms with Gasteiger partial charge in [-0.3, -0.25) is 0 Å². The SMILES string of the molecule is CCCCc1ccc(C(C)NC(C)(CO)CO)cc1. The maximum absolute atomic E-state index is 9.30. The van der Waals surface area contributed by atoms with Crippen LogP contribution in [0.1, 0.15) is 50.8 Å². The molecular weight excluding hydrogens is 238 g/mol. The van der Waals surface area contributed by atoms with Gasteiger partial charge < -0.3 is 15.5 Å². The maximum Gasteiger partial charge on any atom is 0.0633 e. The van der Waals surface area contributed by atoms with Crippen molar-refractivity contribution >= 4 is 0 Å². The summed E-state index contributed by atoms with van der Waals surface area (Å²) in [6.45, 7) is 5.90. The molecule has 0 amide bonds. The maximum atomic E-state index is 9.30. The van der Waals surface area contributed by atoms with Crippen molar-refractivity contribution in [1.29, 1.82) is 0 Å². The van der Waals surface area contributed by atoms with Crippen LogP contribution < -0.4 is 5.32 Å². The Labute approximate surface area is 116 Å². The second-order valence-corrected chi connectivity index (χ2v) is 5.59. The fourth-order valence-corrected chi connectivity index (χ4v) is 2.10. The van der Waals surface area contributed by atoms with Gasteiger partial charge in [-0.2, -0.15) is 0 Å². The first-order chi connectivity index (χ1) is 9.04. The normalized spacial score (nSPS) is 13.5. The highest BCUT2D eigenvalue weighted by Crippen LogP contribution is 2.17. The summed E-state index contributed by atoms with van der Waals surface area (Å²) < 4.78 is 0. The van der Waals surface area contributed by atoms with Crippen LogP contribution in [0.15, 0.2) is 24.3 Å². The predicted octanol–water partition coefficient (Wildman–Crippen LogP) is 2.42. The average molecular weight is 265 g/mol. The molecule has 0 aliphatic heterocycles. The molecule has 1 rings (SSSR count). The third-order valence-corrected chi connectivity index (χ3v) is 3.56. The third-order valence-electron chi connectivity index (χ3n) is 3.56. The first-order valence-electron chi connectivity index (χ1n) is 7.13. The molecule has 0 bridgehead atoms. The van der Waals surface area contributed by atoms with Gasteiger partial charge in [-0.05, 0) is 37.8 Å².